The fourth-order valence-corrected chi connectivity index (χ4v) is 2.38. The molecule has 1 aromatic carbocycles. The summed E-state index contributed by atoms with van der Waals surface area (Å²) in [6, 6.07) is 8.43. The van der Waals surface area contributed by atoms with E-state index in [1.165, 1.54) is 0 Å². The number of carboxylic acids is 1. The van der Waals surface area contributed by atoms with Crippen molar-refractivity contribution >= 4 is 11.9 Å². The summed E-state index contributed by atoms with van der Waals surface area (Å²) >= 11 is 0. The van der Waals surface area contributed by atoms with Crippen molar-refractivity contribution in [3.8, 4) is 0 Å². The molecule has 0 aliphatic carbocycles. The Morgan fingerprint density at radius 3 is 2.63 bits per heavy atom. The number of carbonyl (C=O) groups excluding carboxylic acids is 1. The predicted octanol–water partition coefficient (Wildman–Crippen LogP) is 1.01. The highest BCUT2D eigenvalue weighted by Gasteiger charge is 2.30. The monoisotopic (exact) mass is 262 g/mol. The Morgan fingerprint density at radius 2 is 2.00 bits per heavy atom. The molecule has 2 atom stereocenters. The van der Waals surface area contributed by atoms with E-state index in [1.54, 1.807) is 17.0 Å². The summed E-state index contributed by atoms with van der Waals surface area (Å²) in [5.41, 5.74) is 6.71. The molecule has 1 aromatic rings. The minimum Gasteiger partial charge on any atom is -0.481 e. The number of hydrogen-bond acceptors (Lipinski definition) is 3. The summed E-state index contributed by atoms with van der Waals surface area (Å²) in [6.45, 7) is 0.845. The molecule has 0 aromatic heterocycles. The third-order valence-corrected chi connectivity index (χ3v) is 3.51. The van der Waals surface area contributed by atoms with Crippen molar-refractivity contribution in [2.24, 2.45) is 11.7 Å². The Labute approximate surface area is 112 Å². The van der Waals surface area contributed by atoms with Gasteiger partial charge in [0.15, 0.2) is 0 Å². The number of amides is 1. The van der Waals surface area contributed by atoms with Gasteiger partial charge in [0, 0.05) is 13.1 Å². The van der Waals surface area contributed by atoms with Gasteiger partial charge in [0.05, 0.1) is 5.92 Å². The zero-order chi connectivity index (χ0) is 13.8. The van der Waals surface area contributed by atoms with Crippen molar-refractivity contribution in [3.63, 3.8) is 0 Å². The second-order valence-corrected chi connectivity index (χ2v) is 4.85. The number of likely N-dealkylation sites (tertiary alicyclic amines) is 1. The lowest BCUT2D eigenvalue weighted by atomic mass is 9.97. The van der Waals surface area contributed by atoms with Gasteiger partial charge >= 0.3 is 5.97 Å². The summed E-state index contributed by atoms with van der Waals surface area (Å²) < 4.78 is 0. The van der Waals surface area contributed by atoms with Gasteiger partial charge in [0.1, 0.15) is 6.04 Å². The molecule has 5 heteroatoms. The summed E-state index contributed by atoms with van der Waals surface area (Å²) in [5, 5.41) is 9.02. The number of nitrogens with zero attached hydrogens (tertiary/aromatic N) is 1. The molecule has 1 saturated heterocycles. The van der Waals surface area contributed by atoms with Gasteiger partial charge in [-0.25, -0.2) is 0 Å². The molecule has 5 nitrogen and oxygen atoms in total. The van der Waals surface area contributed by atoms with E-state index in [4.69, 9.17) is 10.8 Å². The molecular weight excluding hydrogens is 244 g/mol. The predicted molar refractivity (Wildman–Crippen MR) is 70.3 cm³/mol. The van der Waals surface area contributed by atoms with E-state index in [-0.39, 0.29) is 12.5 Å². The second-order valence-electron chi connectivity index (χ2n) is 4.85. The maximum Gasteiger partial charge on any atom is 0.308 e. The maximum atomic E-state index is 12.3. The minimum absolute atomic E-state index is 0.197. The molecule has 1 aliphatic heterocycles. The van der Waals surface area contributed by atoms with Crippen LogP contribution in [0.1, 0.15) is 24.4 Å². The number of piperidine rings is 1. The smallest absolute Gasteiger partial charge is 0.308 e. The molecule has 0 radical (unpaired) electrons. The van der Waals surface area contributed by atoms with Crippen LogP contribution in [0.2, 0.25) is 0 Å². The molecule has 0 spiro atoms. The van der Waals surface area contributed by atoms with Crippen molar-refractivity contribution in [1.29, 1.82) is 0 Å². The van der Waals surface area contributed by atoms with E-state index >= 15 is 0 Å². The Hall–Kier alpha value is -1.88. The Morgan fingerprint density at radius 1 is 1.32 bits per heavy atom. The number of hydrogen-bond donors (Lipinski definition) is 2. The van der Waals surface area contributed by atoms with E-state index in [1.807, 2.05) is 18.2 Å². The number of aliphatic carboxylic acids is 1. The molecule has 19 heavy (non-hydrogen) atoms. The fourth-order valence-electron chi connectivity index (χ4n) is 2.38. The van der Waals surface area contributed by atoms with Crippen LogP contribution in [0.3, 0.4) is 0 Å². The number of carbonyl (C=O) groups is 2. The number of benzene rings is 1. The average Bonchev–Trinajstić information content (AvgIpc) is 2.46. The topological polar surface area (TPSA) is 83.6 Å². The van der Waals surface area contributed by atoms with Gasteiger partial charge in [-0.1, -0.05) is 30.3 Å². The van der Waals surface area contributed by atoms with E-state index < -0.39 is 17.9 Å². The van der Waals surface area contributed by atoms with Crippen LogP contribution in [0.25, 0.3) is 0 Å². The van der Waals surface area contributed by atoms with E-state index in [2.05, 4.69) is 0 Å². The van der Waals surface area contributed by atoms with E-state index in [0.29, 0.717) is 19.4 Å². The summed E-state index contributed by atoms with van der Waals surface area (Å²) in [7, 11) is 0. The second kappa shape index (κ2) is 5.84. The number of nitrogens with two attached hydrogens (primary N) is 1. The van der Waals surface area contributed by atoms with E-state index in [9.17, 15) is 9.59 Å². The molecule has 1 heterocycles. The first-order chi connectivity index (χ1) is 9.09. The summed E-state index contributed by atoms with van der Waals surface area (Å²) in [4.78, 5) is 24.8. The van der Waals surface area contributed by atoms with Crippen molar-refractivity contribution in [2.45, 2.75) is 18.9 Å². The molecular formula is C14H18N2O3. The van der Waals surface area contributed by atoms with Gasteiger partial charge in [-0.15, -0.1) is 0 Å². The Balaban J connectivity index is 2.05. The van der Waals surface area contributed by atoms with Crippen LogP contribution in [-0.2, 0) is 9.59 Å². The van der Waals surface area contributed by atoms with Crippen LogP contribution in [0.15, 0.2) is 30.3 Å². The van der Waals surface area contributed by atoms with E-state index in [0.717, 1.165) is 5.56 Å². The number of carboxylic acid groups (broad SMARTS) is 1. The maximum absolute atomic E-state index is 12.3. The normalized spacial score (nSPS) is 20.9. The van der Waals surface area contributed by atoms with Gasteiger partial charge in [-0.2, -0.15) is 0 Å². The molecule has 1 fully saturated rings. The molecule has 3 N–H and O–H groups in total. The summed E-state index contributed by atoms with van der Waals surface area (Å²) in [6.07, 6.45) is 1.34. The van der Waals surface area contributed by atoms with Crippen LogP contribution >= 0.6 is 0 Å². The van der Waals surface area contributed by atoms with Crippen LogP contribution in [0.4, 0.5) is 0 Å². The zero-order valence-electron chi connectivity index (χ0n) is 10.7. The quantitative estimate of drug-likeness (QED) is 0.851. The highest BCUT2D eigenvalue weighted by molar-refractivity contribution is 5.84. The van der Waals surface area contributed by atoms with Crippen LogP contribution in [0, 0.1) is 5.92 Å². The lowest BCUT2D eigenvalue weighted by Gasteiger charge is -2.32. The van der Waals surface area contributed by atoms with Crippen molar-refractivity contribution in [2.75, 3.05) is 13.1 Å². The third-order valence-electron chi connectivity index (χ3n) is 3.51. The number of rotatable bonds is 3. The van der Waals surface area contributed by atoms with Gasteiger partial charge in [-0.3, -0.25) is 9.59 Å². The molecule has 0 bridgehead atoms. The lowest BCUT2D eigenvalue weighted by Crippen LogP contribution is -2.46. The van der Waals surface area contributed by atoms with Gasteiger partial charge in [0.2, 0.25) is 5.91 Å². The van der Waals surface area contributed by atoms with Gasteiger partial charge < -0.3 is 15.7 Å². The van der Waals surface area contributed by atoms with Crippen molar-refractivity contribution in [1.82, 2.24) is 4.90 Å². The first-order valence-corrected chi connectivity index (χ1v) is 6.41. The minimum atomic E-state index is -0.842. The first-order valence-electron chi connectivity index (χ1n) is 6.41. The van der Waals surface area contributed by atoms with Crippen LogP contribution in [-0.4, -0.2) is 35.0 Å². The highest BCUT2D eigenvalue weighted by Crippen LogP contribution is 2.20. The first kappa shape index (κ1) is 13.5. The molecule has 2 rings (SSSR count). The largest absolute Gasteiger partial charge is 0.481 e. The zero-order valence-corrected chi connectivity index (χ0v) is 10.7. The van der Waals surface area contributed by atoms with Crippen molar-refractivity contribution in [3.05, 3.63) is 35.9 Å². The standard InChI is InChI=1S/C14H18N2O3/c15-12(10-5-2-1-3-6-10)13(17)16-8-4-7-11(9-16)14(18)19/h1-3,5-6,11-12H,4,7-9,15H2,(H,18,19). The average molecular weight is 262 g/mol. The fraction of sp³-hybridized carbons (Fsp3) is 0.429. The Bertz CT molecular complexity index is 461. The SMILES string of the molecule is NC(C(=O)N1CCCC(C(=O)O)C1)c1ccccc1. The molecule has 1 aliphatic rings. The third kappa shape index (κ3) is 3.12. The Kier molecular flexibility index (Phi) is 4.16. The highest BCUT2D eigenvalue weighted by atomic mass is 16.4. The van der Waals surface area contributed by atoms with Crippen LogP contribution in [0.5, 0.6) is 0 Å². The molecule has 1 amide bonds. The van der Waals surface area contributed by atoms with Gasteiger partial charge in [0.25, 0.3) is 0 Å². The van der Waals surface area contributed by atoms with Crippen LogP contribution < -0.4 is 5.73 Å². The molecule has 102 valence electrons. The molecule has 0 saturated carbocycles. The summed E-state index contributed by atoms with van der Waals surface area (Å²) in [5.74, 6) is -1.51. The van der Waals surface area contributed by atoms with Crippen molar-refractivity contribution < 1.29 is 14.7 Å². The molecule has 2 unspecified atom stereocenters. The van der Waals surface area contributed by atoms with Gasteiger partial charge in [-0.05, 0) is 18.4 Å². The lowest BCUT2D eigenvalue weighted by molar-refractivity contribution is -0.146.